The van der Waals surface area contributed by atoms with Gasteiger partial charge in [0.25, 0.3) is 0 Å². The predicted octanol–water partition coefficient (Wildman–Crippen LogP) is 3.79. The van der Waals surface area contributed by atoms with Gasteiger partial charge in [-0.1, -0.05) is 29.5 Å². The highest BCUT2D eigenvalue weighted by atomic mass is 32.2. The molecule has 2 N–H and O–H groups in total. The summed E-state index contributed by atoms with van der Waals surface area (Å²) in [6, 6.07) is 7.34. The van der Waals surface area contributed by atoms with Crippen LogP contribution in [-0.4, -0.2) is 21.3 Å². The van der Waals surface area contributed by atoms with Crippen molar-refractivity contribution < 1.29 is 9.90 Å². The number of aromatic nitrogens is 1. The first-order valence-corrected chi connectivity index (χ1v) is 10.0. The third kappa shape index (κ3) is 1.99. The van der Waals surface area contributed by atoms with Crippen molar-refractivity contribution in [3.8, 4) is 0 Å². The van der Waals surface area contributed by atoms with E-state index in [-0.39, 0.29) is 10.8 Å². The number of fused-ring (bicyclic) bond motifs is 6. The van der Waals surface area contributed by atoms with E-state index in [1.54, 1.807) is 12.1 Å². The van der Waals surface area contributed by atoms with Crippen LogP contribution in [0.5, 0.6) is 0 Å². The topological polar surface area (TPSA) is 70.2 Å². The Labute approximate surface area is 147 Å². The maximum absolute atomic E-state index is 12.0. The summed E-state index contributed by atoms with van der Waals surface area (Å²) in [4.78, 5) is 27.8. The molecule has 0 amide bonds. The van der Waals surface area contributed by atoms with Gasteiger partial charge in [-0.25, -0.2) is 4.79 Å². The molecule has 2 fully saturated rings. The van der Waals surface area contributed by atoms with E-state index in [9.17, 15) is 14.7 Å². The Balaban J connectivity index is 1.73. The monoisotopic (exact) mass is 359 g/mol. The fourth-order valence-electron chi connectivity index (χ4n) is 5.16. The molecule has 3 aliphatic rings. The van der Waals surface area contributed by atoms with Gasteiger partial charge in [0.2, 0.25) is 0 Å². The van der Waals surface area contributed by atoms with Crippen LogP contribution in [0.25, 0.3) is 0 Å². The van der Waals surface area contributed by atoms with Crippen LogP contribution in [0.2, 0.25) is 0 Å². The molecule has 2 aliphatic carbocycles. The van der Waals surface area contributed by atoms with Crippen molar-refractivity contribution in [3.63, 3.8) is 0 Å². The average molecular weight is 359 g/mol. The summed E-state index contributed by atoms with van der Waals surface area (Å²) in [5.41, 5.74) is 1.26. The molecular formula is C18H17NO3S2. The van der Waals surface area contributed by atoms with Crippen molar-refractivity contribution in [2.75, 3.05) is 0 Å². The first-order chi connectivity index (χ1) is 11.6. The smallest absolute Gasteiger partial charge is 0.335 e. The van der Waals surface area contributed by atoms with Gasteiger partial charge in [0.15, 0.2) is 0 Å². The summed E-state index contributed by atoms with van der Waals surface area (Å²) >= 11 is 3.10. The summed E-state index contributed by atoms with van der Waals surface area (Å²) in [6.07, 6.45) is 3.77. The van der Waals surface area contributed by atoms with Crippen LogP contribution in [0.15, 0.2) is 34.1 Å². The third-order valence-corrected chi connectivity index (χ3v) is 8.62. The molecule has 0 spiro atoms. The van der Waals surface area contributed by atoms with Crippen LogP contribution >= 0.6 is 23.1 Å². The highest BCUT2D eigenvalue weighted by molar-refractivity contribution is 8.00. The normalized spacial score (nSPS) is 33.2. The fraction of sp³-hybridized carbons (Fsp3) is 0.444. The fourth-order valence-corrected chi connectivity index (χ4v) is 8.05. The minimum absolute atomic E-state index is 0.0300. The number of hydrogen-bond donors (Lipinski definition) is 2. The average Bonchev–Trinajstić information content (AvgIpc) is 3.26. The molecule has 5 atom stereocenters. The van der Waals surface area contributed by atoms with E-state index < -0.39 is 5.97 Å². The number of nitrogens with one attached hydrogen (secondary N) is 1. The van der Waals surface area contributed by atoms with Crippen LogP contribution in [0.3, 0.4) is 0 Å². The lowest BCUT2D eigenvalue weighted by atomic mass is 9.74. The van der Waals surface area contributed by atoms with Crippen LogP contribution in [0.1, 0.15) is 46.0 Å². The van der Waals surface area contributed by atoms with Crippen molar-refractivity contribution in [2.45, 2.75) is 35.5 Å². The lowest BCUT2D eigenvalue weighted by Crippen LogP contribution is -2.34. The first-order valence-electron chi connectivity index (χ1n) is 8.35. The van der Waals surface area contributed by atoms with E-state index in [1.807, 2.05) is 23.9 Å². The number of aromatic carboxylic acids is 1. The zero-order chi connectivity index (χ0) is 16.4. The summed E-state index contributed by atoms with van der Waals surface area (Å²) < 4.78 is 0. The van der Waals surface area contributed by atoms with Crippen LogP contribution in [0, 0.1) is 17.8 Å². The number of carboxylic acids is 1. The molecule has 5 rings (SSSR count). The molecule has 6 heteroatoms. The molecule has 2 saturated carbocycles. The molecule has 1 aliphatic heterocycles. The molecule has 0 saturated heterocycles. The maximum atomic E-state index is 12.0. The van der Waals surface area contributed by atoms with Gasteiger partial charge in [0.1, 0.15) is 0 Å². The largest absolute Gasteiger partial charge is 0.478 e. The Kier molecular flexibility index (Phi) is 3.22. The number of hydrogen-bond acceptors (Lipinski definition) is 4. The van der Waals surface area contributed by atoms with Gasteiger partial charge in [-0.15, -0.1) is 11.8 Å². The van der Waals surface area contributed by atoms with E-state index in [2.05, 4.69) is 4.98 Å². The van der Waals surface area contributed by atoms with Crippen LogP contribution < -0.4 is 4.87 Å². The number of rotatable bonds is 2. The quantitative estimate of drug-likeness (QED) is 0.856. The second-order valence-corrected chi connectivity index (χ2v) is 9.27. The Morgan fingerprint density at radius 2 is 2.00 bits per heavy atom. The molecular weight excluding hydrogens is 342 g/mol. The van der Waals surface area contributed by atoms with Crippen molar-refractivity contribution in [2.24, 2.45) is 17.8 Å². The number of thioether (sulfide) groups is 1. The van der Waals surface area contributed by atoms with Gasteiger partial charge in [-0.05, 0) is 48.6 Å². The third-order valence-electron chi connectivity index (χ3n) is 5.99. The Hall–Kier alpha value is -1.53. The molecule has 2 bridgehead atoms. The molecule has 2 aromatic rings. The molecule has 1 aromatic carbocycles. The number of aromatic amines is 1. The standard InChI is InChI=1S/C18H17NO3S2/c20-17(21)11-4-2-1-3-10(11)13-12-8-5-6-9(7-8)14(12)23-16-15(13)24-18(22)19-16/h1-4,8-9,12-14H,5-7H2,(H,19,22)(H,20,21)/t8-,9-,12-,13-,14-/m1/s1. The number of carbonyl (C=O) groups is 1. The second-order valence-electron chi connectivity index (χ2n) is 7.07. The molecule has 24 heavy (non-hydrogen) atoms. The Bertz CT molecular complexity index is 886. The molecule has 1 aromatic heterocycles. The van der Waals surface area contributed by atoms with E-state index in [1.165, 1.54) is 30.6 Å². The summed E-state index contributed by atoms with van der Waals surface area (Å²) in [5.74, 6) is 0.977. The molecule has 0 radical (unpaired) electrons. The number of thiazole rings is 1. The van der Waals surface area contributed by atoms with Gasteiger partial charge in [-0.3, -0.25) is 4.79 Å². The Morgan fingerprint density at radius 1 is 1.21 bits per heavy atom. The van der Waals surface area contributed by atoms with E-state index >= 15 is 0 Å². The molecule has 0 unspecified atom stereocenters. The van der Waals surface area contributed by atoms with Gasteiger partial charge in [0, 0.05) is 16.0 Å². The van der Waals surface area contributed by atoms with Crippen molar-refractivity contribution >= 4 is 29.1 Å². The predicted molar refractivity (Wildman–Crippen MR) is 94.2 cm³/mol. The first kappa shape index (κ1) is 14.8. The molecule has 4 nitrogen and oxygen atoms in total. The lowest BCUT2D eigenvalue weighted by molar-refractivity contribution is 0.0694. The minimum atomic E-state index is -0.882. The maximum Gasteiger partial charge on any atom is 0.335 e. The van der Waals surface area contributed by atoms with Gasteiger partial charge in [0.05, 0.1) is 10.6 Å². The lowest BCUT2D eigenvalue weighted by Gasteiger charge is -2.40. The van der Waals surface area contributed by atoms with E-state index in [4.69, 9.17) is 0 Å². The SMILES string of the molecule is O=C(O)c1ccccc1[C@H]1c2sc(=O)[nH]c2S[C@@H]2[C@@H]3CC[C@H](C3)[C@H]12. The number of benzene rings is 1. The summed E-state index contributed by atoms with van der Waals surface area (Å²) in [5, 5.41) is 11.1. The van der Waals surface area contributed by atoms with Gasteiger partial charge >= 0.3 is 10.8 Å². The second kappa shape index (κ2) is 5.23. The van der Waals surface area contributed by atoms with Crippen molar-refractivity contribution in [1.29, 1.82) is 0 Å². The number of H-pyrrole nitrogens is 1. The number of carboxylic acid groups (broad SMARTS) is 1. The molecule has 124 valence electrons. The summed E-state index contributed by atoms with van der Waals surface area (Å²) in [6.45, 7) is 0. The van der Waals surface area contributed by atoms with E-state index in [0.29, 0.717) is 28.6 Å². The van der Waals surface area contributed by atoms with Gasteiger partial charge in [-0.2, -0.15) is 0 Å². The zero-order valence-corrected chi connectivity index (χ0v) is 14.5. The van der Waals surface area contributed by atoms with Crippen LogP contribution in [0.4, 0.5) is 0 Å². The van der Waals surface area contributed by atoms with Gasteiger partial charge < -0.3 is 10.1 Å². The Morgan fingerprint density at radius 3 is 2.83 bits per heavy atom. The highest BCUT2D eigenvalue weighted by Crippen LogP contribution is 2.63. The van der Waals surface area contributed by atoms with Crippen LogP contribution in [-0.2, 0) is 0 Å². The highest BCUT2D eigenvalue weighted by Gasteiger charge is 2.55. The van der Waals surface area contributed by atoms with Crippen molar-refractivity contribution in [1.82, 2.24) is 4.98 Å². The van der Waals surface area contributed by atoms with E-state index in [0.717, 1.165) is 15.5 Å². The zero-order valence-electron chi connectivity index (χ0n) is 12.9. The summed E-state index contributed by atoms with van der Waals surface area (Å²) in [7, 11) is 0. The molecule has 2 heterocycles. The minimum Gasteiger partial charge on any atom is -0.478 e. The van der Waals surface area contributed by atoms with Crippen molar-refractivity contribution in [3.05, 3.63) is 49.9 Å².